The molecular formula is C22H16F7N3O. The summed E-state index contributed by atoms with van der Waals surface area (Å²) in [7, 11) is 0. The minimum atomic E-state index is -4.83. The number of amides is 2. The zero-order chi connectivity index (χ0) is 24.2. The van der Waals surface area contributed by atoms with E-state index in [1.165, 1.54) is 18.2 Å². The van der Waals surface area contributed by atoms with Crippen LogP contribution >= 0.6 is 0 Å². The molecule has 2 aromatic carbocycles. The molecule has 2 N–H and O–H groups in total. The van der Waals surface area contributed by atoms with Gasteiger partial charge in [-0.1, -0.05) is 24.3 Å². The third-order valence-electron chi connectivity index (χ3n) is 4.61. The molecule has 3 rings (SSSR count). The van der Waals surface area contributed by atoms with Crippen molar-refractivity contribution in [3.8, 4) is 0 Å². The molecule has 0 fully saturated rings. The first-order chi connectivity index (χ1) is 15.4. The highest BCUT2D eigenvalue weighted by Crippen LogP contribution is 2.36. The Morgan fingerprint density at radius 3 is 2.21 bits per heavy atom. The van der Waals surface area contributed by atoms with Crippen LogP contribution in [0, 0.1) is 5.82 Å². The van der Waals surface area contributed by atoms with Crippen LogP contribution < -0.4 is 10.6 Å². The maximum absolute atomic E-state index is 13.5. The molecule has 1 heterocycles. The molecule has 0 aliphatic rings. The molecule has 0 saturated heterocycles. The second-order valence-corrected chi connectivity index (χ2v) is 6.94. The van der Waals surface area contributed by atoms with Crippen LogP contribution in [0.25, 0.3) is 0 Å². The van der Waals surface area contributed by atoms with Crippen LogP contribution in [0.15, 0.2) is 66.9 Å². The third kappa shape index (κ3) is 6.21. The molecule has 1 atom stereocenters. The first kappa shape index (κ1) is 24.0. The van der Waals surface area contributed by atoms with Crippen molar-refractivity contribution in [1.29, 1.82) is 0 Å². The Morgan fingerprint density at radius 1 is 0.909 bits per heavy atom. The number of alkyl halides is 6. The number of hydrogen-bond donors (Lipinski definition) is 2. The lowest BCUT2D eigenvalue weighted by molar-refractivity contribution is -0.139. The topological polar surface area (TPSA) is 54.0 Å². The van der Waals surface area contributed by atoms with E-state index >= 15 is 0 Å². The van der Waals surface area contributed by atoms with Crippen LogP contribution in [0.1, 0.15) is 34.0 Å². The van der Waals surface area contributed by atoms with Crippen molar-refractivity contribution in [2.24, 2.45) is 0 Å². The summed E-state index contributed by atoms with van der Waals surface area (Å²) in [5.41, 5.74) is -2.40. The van der Waals surface area contributed by atoms with Gasteiger partial charge in [-0.05, 0) is 47.5 Å². The fraction of sp³-hybridized carbons (Fsp3) is 0.182. The van der Waals surface area contributed by atoms with Crippen LogP contribution in [-0.4, -0.2) is 11.0 Å². The standard InChI is InChI=1S/C22H16F7N3O/c23-16-4-1-3-13(11-16)12-31-20(33)32-18(14-6-8-15(9-7-14)21(24,25)26)19-17(22(27,28)29)5-2-10-30-19/h1-11,18H,12H2,(H2,31,32,33). The van der Waals surface area contributed by atoms with Gasteiger partial charge in [0.1, 0.15) is 5.82 Å². The fourth-order valence-corrected chi connectivity index (χ4v) is 3.07. The van der Waals surface area contributed by atoms with E-state index in [0.29, 0.717) is 17.7 Å². The van der Waals surface area contributed by atoms with Crippen molar-refractivity contribution in [3.63, 3.8) is 0 Å². The fourth-order valence-electron chi connectivity index (χ4n) is 3.07. The molecule has 1 unspecified atom stereocenters. The number of aromatic nitrogens is 1. The number of nitrogens with one attached hydrogen (secondary N) is 2. The first-order valence-electron chi connectivity index (χ1n) is 9.43. The Morgan fingerprint density at radius 2 is 1.61 bits per heavy atom. The largest absolute Gasteiger partial charge is 0.418 e. The second kappa shape index (κ2) is 9.47. The molecule has 0 radical (unpaired) electrons. The molecule has 174 valence electrons. The number of urea groups is 1. The lowest BCUT2D eigenvalue weighted by Crippen LogP contribution is -2.39. The quantitative estimate of drug-likeness (QED) is 0.459. The summed E-state index contributed by atoms with van der Waals surface area (Å²) >= 11 is 0. The number of benzene rings is 2. The van der Waals surface area contributed by atoms with Gasteiger partial charge < -0.3 is 10.6 Å². The Labute approximate surface area is 183 Å². The number of rotatable bonds is 5. The van der Waals surface area contributed by atoms with E-state index in [-0.39, 0.29) is 12.1 Å². The summed E-state index contributed by atoms with van der Waals surface area (Å²) in [5.74, 6) is -0.541. The molecular weight excluding hydrogens is 455 g/mol. The van der Waals surface area contributed by atoms with Gasteiger partial charge >= 0.3 is 18.4 Å². The molecule has 1 aromatic heterocycles. The summed E-state index contributed by atoms with van der Waals surface area (Å²) in [6.07, 6.45) is -8.40. The Kier molecular flexibility index (Phi) is 6.89. The number of nitrogens with zero attached hydrogens (tertiary/aromatic N) is 1. The van der Waals surface area contributed by atoms with Crippen molar-refractivity contribution >= 4 is 6.03 Å². The van der Waals surface area contributed by atoms with Crippen LogP contribution in [0.4, 0.5) is 35.5 Å². The van der Waals surface area contributed by atoms with Crippen molar-refractivity contribution < 1.29 is 35.5 Å². The molecule has 11 heteroatoms. The van der Waals surface area contributed by atoms with E-state index < -0.39 is 47.1 Å². The lowest BCUT2D eigenvalue weighted by atomic mass is 9.98. The second-order valence-electron chi connectivity index (χ2n) is 6.94. The van der Waals surface area contributed by atoms with Gasteiger partial charge in [0, 0.05) is 12.7 Å². The molecule has 0 aliphatic heterocycles. The highest BCUT2D eigenvalue weighted by Gasteiger charge is 2.37. The number of halogens is 7. The molecule has 4 nitrogen and oxygen atoms in total. The SMILES string of the molecule is O=C(NCc1cccc(F)c1)NC(c1ccc(C(F)(F)F)cc1)c1ncccc1C(F)(F)F. The molecule has 33 heavy (non-hydrogen) atoms. The van der Waals surface area contributed by atoms with Crippen molar-refractivity contribution in [2.75, 3.05) is 0 Å². The van der Waals surface area contributed by atoms with Gasteiger partial charge in [-0.15, -0.1) is 0 Å². The normalized spacial score (nSPS) is 12.8. The highest BCUT2D eigenvalue weighted by molar-refractivity contribution is 5.75. The number of pyridine rings is 1. The van der Waals surface area contributed by atoms with Gasteiger partial charge in [0.05, 0.1) is 22.9 Å². The van der Waals surface area contributed by atoms with Gasteiger partial charge in [0.25, 0.3) is 0 Å². The minimum Gasteiger partial charge on any atom is -0.334 e. The average molecular weight is 471 g/mol. The molecule has 0 spiro atoms. The summed E-state index contributed by atoms with van der Waals surface area (Å²) < 4.78 is 92.6. The minimum absolute atomic E-state index is 0.0481. The van der Waals surface area contributed by atoms with E-state index in [1.807, 2.05) is 0 Å². The van der Waals surface area contributed by atoms with Crippen LogP contribution in [0.5, 0.6) is 0 Å². The van der Waals surface area contributed by atoms with Crippen molar-refractivity contribution in [2.45, 2.75) is 24.9 Å². The van der Waals surface area contributed by atoms with Gasteiger partial charge in [0.15, 0.2) is 0 Å². The van der Waals surface area contributed by atoms with E-state index in [4.69, 9.17) is 0 Å². The maximum Gasteiger partial charge on any atom is 0.418 e. The predicted molar refractivity (Wildman–Crippen MR) is 104 cm³/mol. The number of carbonyl (C=O) groups is 1. The van der Waals surface area contributed by atoms with Crippen LogP contribution in [0.2, 0.25) is 0 Å². The van der Waals surface area contributed by atoms with E-state index in [0.717, 1.165) is 36.5 Å². The van der Waals surface area contributed by atoms with Crippen molar-refractivity contribution in [3.05, 3.63) is 101 Å². The predicted octanol–water partition coefficient (Wildman–Crippen LogP) is 5.85. The van der Waals surface area contributed by atoms with Crippen molar-refractivity contribution in [1.82, 2.24) is 15.6 Å². The lowest BCUT2D eigenvalue weighted by Gasteiger charge is -2.23. The highest BCUT2D eigenvalue weighted by atomic mass is 19.4. The Balaban J connectivity index is 1.92. The first-order valence-corrected chi connectivity index (χ1v) is 9.43. The monoisotopic (exact) mass is 471 g/mol. The van der Waals surface area contributed by atoms with E-state index in [9.17, 15) is 35.5 Å². The maximum atomic E-state index is 13.5. The van der Waals surface area contributed by atoms with Gasteiger partial charge in [-0.2, -0.15) is 26.3 Å². The molecule has 3 aromatic rings. The zero-order valence-electron chi connectivity index (χ0n) is 16.6. The third-order valence-corrected chi connectivity index (χ3v) is 4.61. The molecule has 2 amide bonds. The summed E-state index contributed by atoms with van der Waals surface area (Å²) in [6, 6.07) is 8.00. The van der Waals surface area contributed by atoms with Crippen LogP contribution in [0.3, 0.4) is 0 Å². The summed E-state index contributed by atoms with van der Waals surface area (Å²) in [5, 5.41) is 4.70. The number of carbonyl (C=O) groups excluding carboxylic acids is 1. The Bertz CT molecular complexity index is 1110. The molecule has 0 saturated carbocycles. The number of hydrogen-bond acceptors (Lipinski definition) is 2. The molecule has 0 aliphatic carbocycles. The average Bonchev–Trinajstić information content (AvgIpc) is 2.75. The molecule has 0 bridgehead atoms. The van der Waals surface area contributed by atoms with E-state index in [2.05, 4.69) is 15.6 Å². The van der Waals surface area contributed by atoms with Gasteiger partial charge in [0.2, 0.25) is 0 Å². The smallest absolute Gasteiger partial charge is 0.334 e. The summed E-state index contributed by atoms with van der Waals surface area (Å²) in [6.45, 7) is -0.141. The van der Waals surface area contributed by atoms with Gasteiger partial charge in [-0.25, -0.2) is 9.18 Å². The summed E-state index contributed by atoms with van der Waals surface area (Å²) in [4.78, 5) is 16.2. The van der Waals surface area contributed by atoms with Gasteiger partial charge in [-0.3, -0.25) is 4.98 Å². The van der Waals surface area contributed by atoms with E-state index in [1.54, 1.807) is 0 Å². The Hall–Kier alpha value is -3.63. The zero-order valence-corrected chi connectivity index (χ0v) is 16.6. The van der Waals surface area contributed by atoms with Crippen LogP contribution in [-0.2, 0) is 18.9 Å².